The van der Waals surface area contributed by atoms with Crippen LogP contribution < -0.4 is 25.6 Å². The fourth-order valence-electron chi connectivity index (χ4n) is 3.86. The van der Waals surface area contributed by atoms with Crippen molar-refractivity contribution in [3.05, 3.63) is 59.2 Å². The first-order valence-electron chi connectivity index (χ1n) is 12.0. The third-order valence-electron chi connectivity index (χ3n) is 6.06. The van der Waals surface area contributed by atoms with Gasteiger partial charge in [0.25, 0.3) is 0 Å². The van der Waals surface area contributed by atoms with E-state index in [1.165, 1.54) is 0 Å². The van der Waals surface area contributed by atoms with Gasteiger partial charge in [0.05, 0.1) is 19.0 Å². The number of rotatable bonds is 9. The number of aromatic nitrogens is 2. The molecule has 0 radical (unpaired) electrons. The highest BCUT2D eigenvalue weighted by atomic mass is 35.5. The predicted molar refractivity (Wildman–Crippen MR) is 146 cm³/mol. The molecule has 9 nitrogen and oxygen atoms in total. The maximum atomic E-state index is 11.5. The van der Waals surface area contributed by atoms with Crippen LogP contribution in [0.15, 0.2) is 48.7 Å². The summed E-state index contributed by atoms with van der Waals surface area (Å²) in [7, 11) is 3.80. The summed E-state index contributed by atoms with van der Waals surface area (Å²) in [6.07, 6.45) is 2.01. The van der Waals surface area contributed by atoms with Crippen molar-refractivity contribution in [2.45, 2.75) is 19.9 Å². The lowest BCUT2D eigenvalue weighted by Crippen LogP contribution is -2.44. The Kier molecular flexibility index (Phi) is 8.45. The maximum Gasteiger partial charge on any atom is 0.229 e. The fraction of sp³-hybridized carbons (Fsp3) is 0.346. The van der Waals surface area contributed by atoms with Gasteiger partial charge in [0.2, 0.25) is 11.9 Å². The highest BCUT2D eigenvalue weighted by Crippen LogP contribution is 2.32. The van der Waals surface area contributed by atoms with Crippen LogP contribution in [0, 0.1) is 0 Å². The Balaban J connectivity index is 1.41. The molecule has 1 fully saturated rings. The minimum atomic E-state index is -0.0146. The minimum Gasteiger partial charge on any atom is -0.494 e. The lowest BCUT2D eigenvalue weighted by atomic mass is 10.2. The number of ether oxygens (including phenoxy) is 1. The van der Waals surface area contributed by atoms with Crippen molar-refractivity contribution in [3.63, 3.8) is 0 Å². The summed E-state index contributed by atoms with van der Waals surface area (Å²) in [5.74, 6) is 1.63. The molecule has 0 unspecified atom stereocenters. The highest BCUT2D eigenvalue weighted by molar-refractivity contribution is 6.32. The summed E-state index contributed by atoms with van der Waals surface area (Å²) in [6.45, 7) is 6.38. The summed E-state index contributed by atoms with van der Waals surface area (Å²) in [5, 5.41) is 9.77. The van der Waals surface area contributed by atoms with Crippen molar-refractivity contribution >= 4 is 46.3 Å². The molecule has 0 saturated carbocycles. The summed E-state index contributed by atoms with van der Waals surface area (Å²) < 4.78 is 5.65. The quantitative estimate of drug-likeness (QED) is 0.385. The van der Waals surface area contributed by atoms with Crippen LogP contribution in [0.3, 0.4) is 0 Å². The molecule has 3 aromatic rings. The van der Waals surface area contributed by atoms with Gasteiger partial charge in [-0.1, -0.05) is 30.7 Å². The van der Waals surface area contributed by atoms with Gasteiger partial charge in [-0.3, -0.25) is 4.79 Å². The van der Waals surface area contributed by atoms with E-state index in [4.69, 9.17) is 16.3 Å². The molecule has 1 aliphatic rings. The molecule has 0 atom stereocenters. The van der Waals surface area contributed by atoms with E-state index in [0.717, 1.165) is 54.6 Å². The van der Waals surface area contributed by atoms with Gasteiger partial charge in [-0.2, -0.15) is 4.98 Å². The first kappa shape index (κ1) is 25.5. The normalized spacial score (nSPS) is 13.8. The number of anilines is 5. The van der Waals surface area contributed by atoms with Gasteiger partial charge in [0.15, 0.2) is 5.82 Å². The second kappa shape index (κ2) is 11.9. The van der Waals surface area contributed by atoms with Crippen molar-refractivity contribution in [2.75, 3.05) is 61.2 Å². The minimum absolute atomic E-state index is 0.0146. The van der Waals surface area contributed by atoms with Crippen molar-refractivity contribution in [1.82, 2.24) is 14.9 Å². The Morgan fingerprint density at radius 1 is 1.11 bits per heavy atom. The van der Waals surface area contributed by atoms with Crippen LogP contribution >= 0.6 is 11.6 Å². The monoisotopic (exact) mass is 509 g/mol. The van der Waals surface area contributed by atoms with Crippen molar-refractivity contribution in [3.8, 4) is 5.75 Å². The largest absolute Gasteiger partial charge is 0.494 e. The molecular formula is C26H32ClN7O2. The molecule has 0 spiro atoms. The van der Waals surface area contributed by atoms with E-state index in [1.54, 1.807) is 13.3 Å². The molecule has 1 saturated heterocycles. The molecule has 4 rings (SSSR count). The number of methoxy groups -OCH3 is 1. The standard InChI is InChI=1S/C26H32ClN7O2/c1-4-24(35)30-19-7-5-18(6-8-19)16-28-25-21(27)17-29-26(32-25)31-22-10-9-20(15-23(22)36-3)34-13-11-33(2)12-14-34/h5-10,15,17H,4,11-14,16H2,1-3H3,(H,30,35)(H2,28,29,31,32). The number of nitrogens with one attached hydrogen (secondary N) is 3. The Bertz CT molecular complexity index is 1180. The van der Waals surface area contributed by atoms with Gasteiger partial charge in [-0.15, -0.1) is 0 Å². The van der Waals surface area contributed by atoms with Crippen molar-refractivity contribution < 1.29 is 9.53 Å². The Labute approximate surface area is 216 Å². The third kappa shape index (κ3) is 6.56. The zero-order chi connectivity index (χ0) is 25.5. The van der Waals surface area contributed by atoms with Crippen LogP contribution in [0.4, 0.5) is 28.8 Å². The van der Waals surface area contributed by atoms with E-state index in [9.17, 15) is 4.79 Å². The van der Waals surface area contributed by atoms with Crippen LogP contribution in [0.5, 0.6) is 5.75 Å². The number of piperazine rings is 1. The lowest BCUT2D eigenvalue weighted by Gasteiger charge is -2.34. The van der Waals surface area contributed by atoms with Crippen LogP contribution in [-0.4, -0.2) is 61.1 Å². The van der Waals surface area contributed by atoms with Gasteiger partial charge in [-0.05, 0) is 36.9 Å². The second-order valence-corrected chi connectivity index (χ2v) is 9.05. The van der Waals surface area contributed by atoms with E-state index in [1.807, 2.05) is 43.3 Å². The van der Waals surface area contributed by atoms with Gasteiger partial charge in [0.1, 0.15) is 10.8 Å². The molecule has 0 aliphatic carbocycles. The maximum absolute atomic E-state index is 11.5. The summed E-state index contributed by atoms with van der Waals surface area (Å²) in [4.78, 5) is 25.1. The van der Waals surface area contributed by atoms with Crippen LogP contribution in [-0.2, 0) is 11.3 Å². The molecule has 190 valence electrons. The predicted octanol–water partition coefficient (Wildman–Crippen LogP) is 4.59. The fourth-order valence-corrected chi connectivity index (χ4v) is 4.02. The van der Waals surface area contributed by atoms with Gasteiger partial charge >= 0.3 is 0 Å². The van der Waals surface area contributed by atoms with Crippen LogP contribution in [0.2, 0.25) is 5.02 Å². The lowest BCUT2D eigenvalue weighted by molar-refractivity contribution is -0.115. The number of carbonyl (C=O) groups excluding carboxylic acids is 1. The molecule has 3 N–H and O–H groups in total. The van der Waals surface area contributed by atoms with Crippen molar-refractivity contribution in [1.29, 1.82) is 0 Å². The van der Waals surface area contributed by atoms with E-state index < -0.39 is 0 Å². The number of nitrogens with zero attached hydrogens (tertiary/aromatic N) is 4. The van der Waals surface area contributed by atoms with E-state index in [-0.39, 0.29) is 5.91 Å². The Morgan fingerprint density at radius 2 is 1.86 bits per heavy atom. The van der Waals surface area contributed by atoms with Crippen LogP contribution in [0.1, 0.15) is 18.9 Å². The van der Waals surface area contributed by atoms with E-state index in [2.05, 4.69) is 48.8 Å². The molecule has 2 heterocycles. The second-order valence-electron chi connectivity index (χ2n) is 8.64. The SMILES string of the molecule is CCC(=O)Nc1ccc(CNc2nc(Nc3ccc(N4CCN(C)CC4)cc3OC)ncc2Cl)cc1. The highest BCUT2D eigenvalue weighted by Gasteiger charge is 2.16. The van der Waals surface area contributed by atoms with E-state index >= 15 is 0 Å². The molecule has 10 heteroatoms. The topological polar surface area (TPSA) is 94.6 Å². The number of likely N-dealkylation sites (N-methyl/N-ethyl adjacent to an activating group) is 1. The Hall–Kier alpha value is -3.56. The first-order valence-corrected chi connectivity index (χ1v) is 12.4. The number of halogens is 1. The number of amides is 1. The number of benzene rings is 2. The molecule has 0 bridgehead atoms. The van der Waals surface area contributed by atoms with Crippen molar-refractivity contribution in [2.24, 2.45) is 0 Å². The smallest absolute Gasteiger partial charge is 0.229 e. The molecule has 1 aliphatic heterocycles. The summed E-state index contributed by atoms with van der Waals surface area (Å²) in [6, 6.07) is 13.7. The molecule has 1 amide bonds. The molecule has 1 aromatic heterocycles. The average Bonchev–Trinajstić information content (AvgIpc) is 2.90. The number of carbonyl (C=O) groups is 1. The molecular weight excluding hydrogens is 478 g/mol. The van der Waals surface area contributed by atoms with E-state index in [0.29, 0.717) is 29.8 Å². The molecule has 2 aromatic carbocycles. The zero-order valence-electron chi connectivity index (χ0n) is 20.8. The van der Waals surface area contributed by atoms with Gasteiger partial charge in [0, 0.05) is 56.6 Å². The number of hydrogen-bond donors (Lipinski definition) is 3. The first-order chi connectivity index (χ1) is 17.4. The average molecular weight is 510 g/mol. The van der Waals surface area contributed by atoms with Crippen LogP contribution in [0.25, 0.3) is 0 Å². The summed E-state index contributed by atoms with van der Waals surface area (Å²) >= 11 is 6.34. The van der Waals surface area contributed by atoms with Gasteiger partial charge in [-0.25, -0.2) is 4.98 Å². The molecule has 36 heavy (non-hydrogen) atoms. The Morgan fingerprint density at radius 3 is 2.56 bits per heavy atom. The summed E-state index contributed by atoms with van der Waals surface area (Å²) in [5.41, 5.74) is 3.69. The van der Waals surface area contributed by atoms with Gasteiger partial charge < -0.3 is 30.5 Å². The zero-order valence-corrected chi connectivity index (χ0v) is 21.6. The third-order valence-corrected chi connectivity index (χ3v) is 6.34. The number of hydrogen-bond acceptors (Lipinski definition) is 8.